The average molecular weight is 286 g/mol. The maximum absolute atomic E-state index is 12.4. The lowest BCUT2D eigenvalue weighted by atomic mass is 9.87. The Bertz CT molecular complexity index is 438. The molecule has 2 nitrogen and oxygen atoms in total. The van der Waals surface area contributed by atoms with Crippen LogP contribution in [-0.4, -0.2) is 15.5 Å². The molecule has 0 bridgehead atoms. The molecule has 1 aliphatic carbocycles. The topological polar surface area (TPSA) is 43.1 Å². The summed E-state index contributed by atoms with van der Waals surface area (Å²) in [5, 5.41) is 0.813. The molecule has 1 aromatic carbocycles. The molecule has 2 rings (SSSR count). The molecule has 0 aliphatic heterocycles. The number of nitrogens with two attached hydrogens (primary N) is 1. The van der Waals surface area contributed by atoms with E-state index in [9.17, 15) is 4.21 Å². The van der Waals surface area contributed by atoms with Gasteiger partial charge >= 0.3 is 0 Å². The van der Waals surface area contributed by atoms with E-state index in [2.05, 4.69) is 6.92 Å². The van der Waals surface area contributed by atoms with Crippen LogP contribution in [0.4, 0.5) is 0 Å². The standard InChI is InChI=1S/C14H20ClNOS/c1-10-6-7-13(16)14(8-10)18(17)9-11-4-2-3-5-12(11)15/h2-5,10,13-14H,6-9,16H2,1H3. The smallest absolute Gasteiger partial charge is 0.0504 e. The van der Waals surface area contributed by atoms with Crippen molar-refractivity contribution >= 4 is 22.4 Å². The van der Waals surface area contributed by atoms with Gasteiger partial charge < -0.3 is 5.73 Å². The van der Waals surface area contributed by atoms with Crippen molar-refractivity contribution in [1.29, 1.82) is 0 Å². The third-order valence-electron chi connectivity index (χ3n) is 3.70. The first-order chi connectivity index (χ1) is 8.58. The number of halogens is 1. The fraction of sp³-hybridized carbons (Fsp3) is 0.571. The Kier molecular flexibility index (Phi) is 4.82. The molecule has 4 heteroatoms. The largest absolute Gasteiger partial charge is 0.327 e. The van der Waals surface area contributed by atoms with Crippen LogP contribution in [0.3, 0.4) is 0 Å². The molecule has 0 spiro atoms. The van der Waals surface area contributed by atoms with E-state index in [0.717, 1.165) is 24.8 Å². The van der Waals surface area contributed by atoms with Gasteiger partial charge in [0.1, 0.15) is 0 Å². The van der Waals surface area contributed by atoms with E-state index in [1.54, 1.807) is 0 Å². The summed E-state index contributed by atoms with van der Waals surface area (Å²) in [7, 11) is -0.928. The van der Waals surface area contributed by atoms with Crippen molar-refractivity contribution in [2.75, 3.05) is 0 Å². The Morgan fingerprint density at radius 1 is 1.39 bits per heavy atom. The average Bonchev–Trinajstić information content (AvgIpc) is 2.35. The normalized spacial score (nSPS) is 30.1. The summed E-state index contributed by atoms with van der Waals surface area (Å²) in [6, 6.07) is 7.69. The highest BCUT2D eigenvalue weighted by Gasteiger charge is 2.30. The SMILES string of the molecule is CC1CCC(N)C(S(=O)Cc2ccccc2Cl)C1. The lowest BCUT2D eigenvalue weighted by molar-refractivity contribution is 0.353. The molecule has 0 radical (unpaired) electrons. The predicted octanol–water partition coefficient (Wildman–Crippen LogP) is 3.10. The third-order valence-corrected chi connectivity index (χ3v) is 5.88. The van der Waals surface area contributed by atoms with Gasteiger partial charge in [0, 0.05) is 21.9 Å². The van der Waals surface area contributed by atoms with Crippen molar-refractivity contribution in [2.24, 2.45) is 11.7 Å². The number of benzene rings is 1. The van der Waals surface area contributed by atoms with E-state index in [4.69, 9.17) is 17.3 Å². The Hall–Kier alpha value is -0.380. The van der Waals surface area contributed by atoms with Crippen LogP contribution >= 0.6 is 11.6 Å². The number of hydrogen-bond acceptors (Lipinski definition) is 2. The number of hydrogen-bond donors (Lipinski definition) is 1. The minimum Gasteiger partial charge on any atom is -0.327 e. The van der Waals surface area contributed by atoms with Crippen LogP contribution in [0.1, 0.15) is 31.7 Å². The zero-order chi connectivity index (χ0) is 13.1. The third kappa shape index (κ3) is 3.34. The Morgan fingerprint density at radius 2 is 2.11 bits per heavy atom. The summed E-state index contributed by atoms with van der Waals surface area (Å²) in [5.41, 5.74) is 7.07. The first-order valence-corrected chi connectivity index (χ1v) is 8.20. The summed E-state index contributed by atoms with van der Waals surface area (Å²) in [4.78, 5) is 0. The molecule has 4 atom stereocenters. The molecule has 1 fully saturated rings. The zero-order valence-electron chi connectivity index (χ0n) is 10.6. The predicted molar refractivity (Wildman–Crippen MR) is 78.1 cm³/mol. The van der Waals surface area contributed by atoms with Crippen LogP contribution in [-0.2, 0) is 16.6 Å². The van der Waals surface area contributed by atoms with Crippen LogP contribution in [0, 0.1) is 5.92 Å². The highest BCUT2D eigenvalue weighted by molar-refractivity contribution is 7.84. The lowest BCUT2D eigenvalue weighted by Gasteiger charge is -2.31. The lowest BCUT2D eigenvalue weighted by Crippen LogP contribution is -2.42. The molecule has 18 heavy (non-hydrogen) atoms. The van der Waals surface area contributed by atoms with Crippen LogP contribution in [0.25, 0.3) is 0 Å². The zero-order valence-corrected chi connectivity index (χ0v) is 12.2. The first-order valence-electron chi connectivity index (χ1n) is 6.44. The molecule has 2 N–H and O–H groups in total. The Morgan fingerprint density at radius 3 is 2.83 bits per heavy atom. The maximum Gasteiger partial charge on any atom is 0.0504 e. The second kappa shape index (κ2) is 6.18. The van der Waals surface area contributed by atoms with E-state index in [0.29, 0.717) is 16.7 Å². The van der Waals surface area contributed by atoms with Crippen molar-refractivity contribution in [3.63, 3.8) is 0 Å². The molecule has 1 aromatic rings. The Labute approximate surface area is 116 Å². The van der Waals surface area contributed by atoms with Gasteiger partial charge in [0.2, 0.25) is 0 Å². The van der Waals surface area contributed by atoms with Crippen molar-refractivity contribution in [3.05, 3.63) is 34.9 Å². The summed E-state index contributed by atoms with van der Waals surface area (Å²) in [6.45, 7) is 2.21. The molecule has 0 aromatic heterocycles. The summed E-state index contributed by atoms with van der Waals surface area (Å²) in [5.74, 6) is 1.15. The van der Waals surface area contributed by atoms with Gasteiger partial charge in [0.25, 0.3) is 0 Å². The van der Waals surface area contributed by atoms with Gasteiger partial charge in [-0.3, -0.25) is 4.21 Å². The molecular formula is C14H20ClNOS. The highest BCUT2D eigenvalue weighted by Crippen LogP contribution is 2.28. The van der Waals surface area contributed by atoms with Crippen LogP contribution in [0.5, 0.6) is 0 Å². The Balaban J connectivity index is 2.05. The quantitative estimate of drug-likeness (QED) is 0.927. The maximum atomic E-state index is 12.4. The second-order valence-electron chi connectivity index (χ2n) is 5.24. The van der Waals surface area contributed by atoms with Gasteiger partial charge in [-0.05, 0) is 36.8 Å². The molecule has 100 valence electrons. The molecular weight excluding hydrogens is 266 g/mol. The first kappa shape index (κ1) is 14.0. The van der Waals surface area contributed by atoms with Gasteiger partial charge in [0.05, 0.1) is 11.0 Å². The van der Waals surface area contributed by atoms with Crippen LogP contribution in [0.2, 0.25) is 5.02 Å². The van der Waals surface area contributed by atoms with Gasteiger partial charge in [-0.2, -0.15) is 0 Å². The molecule has 1 saturated carbocycles. The minimum atomic E-state index is -0.928. The van der Waals surface area contributed by atoms with E-state index < -0.39 is 10.8 Å². The van der Waals surface area contributed by atoms with E-state index in [1.807, 2.05) is 24.3 Å². The summed E-state index contributed by atoms with van der Waals surface area (Å²) < 4.78 is 12.4. The molecule has 0 amide bonds. The van der Waals surface area contributed by atoms with E-state index in [-0.39, 0.29) is 11.3 Å². The van der Waals surface area contributed by atoms with Crippen molar-refractivity contribution in [1.82, 2.24) is 0 Å². The van der Waals surface area contributed by atoms with Gasteiger partial charge in [-0.15, -0.1) is 0 Å². The van der Waals surface area contributed by atoms with Crippen molar-refractivity contribution in [2.45, 2.75) is 43.2 Å². The van der Waals surface area contributed by atoms with E-state index in [1.165, 1.54) is 0 Å². The molecule has 4 unspecified atom stereocenters. The molecule has 0 heterocycles. The van der Waals surface area contributed by atoms with Gasteiger partial charge in [-0.25, -0.2) is 0 Å². The highest BCUT2D eigenvalue weighted by atomic mass is 35.5. The van der Waals surface area contributed by atoms with Crippen LogP contribution < -0.4 is 5.73 Å². The van der Waals surface area contributed by atoms with E-state index >= 15 is 0 Å². The summed E-state index contributed by atoms with van der Waals surface area (Å²) in [6.07, 6.45) is 3.11. The monoisotopic (exact) mass is 285 g/mol. The fourth-order valence-corrected chi connectivity index (χ4v) is 4.65. The fourth-order valence-electron chi connectivity index (χ4n) is 2.53. The van der Waals surface area contributed by atoms with Crippen molar-refractivity contribution in [3.8, 4) is 0 Å². The van der Waals surface area contributed by atoms with Gasteiger partial charge in [0.15, 0.2) is 0 Å². The van der Waals surface area contributed by atoms with Gasteiger partial charge in [-0.1, -0.05) is 36.7 Å². The van der Waals surface area contributed by atoms with Crippen LogP contribution in [0.15, 0.2) is 24.3 Å². The number of rotatable bonds is 3. The minimum absolute atomic E-state index is 0.0736. The molecule has 1 aliphatic rings. The van der Waals surface area contributed by atoms with Crippen molar-refractivity contribution < 1.29 is 4.21 Å². The molecule has 0 saturated heterocycles. The second-order valence-corrected chi connectivity index (χ2v) is 7.30. The summed E-state index contributed by atoms with van der Waals surface area (Å²) >= 11 is 6.11.